The van der Waals surface area contributed by atoms with Gasteiger partial charge in [-0.25, -0.2) is 4.98 Å². The maximum atomic E-state index is 10.2. The van der Waals surface area contributed by atoms with Crippen LogP contribution in [0.4, 0.5) is 11.8 Å². The van der Waals surface area contributed by atoms with Gasteiger partial charge in [0, 0.05) is 24.8 Å². The Morgan fingerprint density at radius 2 is 1.90 bits per heavy atom. The van der Waals surface area contributed by atoms with Crippen LogP contribution in [0.3, 0.4) is 0 Å². The minimum atomic E-state index is -0.341. The van der Waals surface area contributed by atoms with Gasteiger partial charge in [0.2, 0.25) is 5.95 Å². The van der Waals surface area contributed by atoms with E-state index in [1.807, 2.05) is 6.92 Å². The number of nitrogens with one attached hydrogen (secondary N) is 2. The Balaban J connectivity index is 2.62. The van der Waals surface area contributed by atoms with Crippen molar-refractivity contribution in [2.75, 3.05) is 23.7 Å². The first kappa shape index (κ1) is 16.7. The lowest BCUT2D eigenvalue weighted by Gasteiger charge is -2.21. The van der Waals surface area contributed by atoms with Gasteiger partial charge in [-0.1, -0.05) is 33.6 Å². The average molecular weight is 280 g/mol. The number of hydrogen-bond donors (Lipinski definition) is 3. The van der Waals surface area contributed by atoms with Crippen molar-refractivity contribution in [2.24, 2.45) is 5.92 Å². The van der Waals surface area contributed by atoms with E-state index in [4.69, 9.17) is 0 Å². The molecule has 0 aromatic carbocycles. The zero-order valence-corrected chi connectivity index (χ0v) is 13.1. The molecule has 20 heavy (non-hydrogen) atoms. The smallest absolute Gasteiger partial charge is 0.224 e. The van der Waals surface area contributed by atoms with E-state index in [1.165, 1.54) is 0 Å². The predicted molar refractivity (Wildman–Crippen MR) is 84.1 cm³/mol. The van der Waals surface area contributed by atoms with Crippen LogP contribution in [0.1, 0.15) is 45.6 Å². The van der Waals surface area contributed by atoms with E-state index >= 15 is 0 Å². The molecule has 1 unspecified atom stereocenters. The minimum Gasteiger partial charge on any atom is -0.391 e. The van der Waals surface area contributed by atoms with Gasteiger partial charge in [0.05, 0.1) is 6.10 Å². The Labute approximate surface area is 122 Å². The maximum absolute atomic E-state index is 10.2. The summed E-state index contributed by atoms with van der Waals surface area (Å²) in [6, 6.07) is 0. The van der Waals surface area contributed by atoms with E-state index in [-0.39, 0.29) is 6.10 Å². The molecule has 1 heterocycles. The summed E-state index contributed by atoms with van der Waals surface area (Å²) in [7, 11) is 0. The molecule has 3 N–H and O–H groups in total. The van der Waals surface area contributed by atoms with Crippen LogP contribution in [0.2, 0.25) is 0 Å². The number of anilines is 2. The molecule has 0 saturated carbocycles. The second-order valence-corrected chi connectivity index (χ2v) is 5.18. The van der Waals surface area contributed by atoms with Crippen molar-refractivity contribution in [1.82, 2.24) is 9.97 Å². The zero-order chi connectivity index (χ0) is 15.0. The highest BCUT2D eigenvalue weighted by atomic mass is 16.3. The molecule has 1 aromatic heterocycles. The summed E-state index contributed by atoms with van der Waals surface area (Å²) in [6.45, 7) is 9.68. The van der Waals surface area contributed by atoms with Crippen LogP contribution in [-0.4, -0.2) is 34.3 Å². The lowest BCUT2D eigenvalue weighted by Crippen LogP contribution is -2.28. The van der Waals surface area contributed by atoms with Crippen LogP contribution in [-0.2, 0) is 0 Å². The van der Waals surface area contributed by atoms with E-state index in [2.05, 4.69) is 41.4 Å². The summed E-state index contributed by atoms with van der Waals surface area (Å²) in [5, 5.41) is 16.6. The molecule has 0 amide bonds. The fourth-order valence-electron chi connectivity index (χ4n) is 2.14. The Morgan fingerprint density at radius 1 is 1.20 bits per heavy atom. The molecule has 1 rings (SSSR count). The number of nitrogens with zero attached hydrogens (tertiary/aromatic N) is 2. The quantitative estimate of drug-likeness (QED) is 0.649. The van der Waals surface area contributed by atoms with E-state index < -0.39 is 0 Å². The van der Waals surface area contributed by atoms with Gasteiger partial charge in [0.1, 0.15) is 5.82 Å². The van der Waals surface area contributed by atoms with Crippen LogP contribution in [0.25, 0.3) is 0 Å². The summed E-state index contributed by atoms with van der Waals surface area (Å²) < 4.78 is 0. The molecule has 5 nitrogen and oxygen atoms in total. The summed E-state index contributed by atoms with van der Waals surface area (Å²) in [4.78, 5) is 8.69. The molecular formula is C15H28N4O. The molecule has 1 atom stereocenters. The van der Waals surface area contributed by atoms with Crippen LogP contribution in [0, 0.1) is 12.8 Å². The summed E-state index contributed by atoms with van der Waals surface area (Å²) >= 11 is 0. The molecule has 114 valence electrons. The monoisotopic (exact) mass is 280 g/mol. The highest BCUT2D eigenvalue weighted by Gasteiger charge is 2.15. The van der Waals surface area contributed by atoms with Gasteiger partial charge >= 0.3 is 0 Å². The first-order valence-corrected chi connectivity index (χ1v) is 7.61. The van der Waals surface area contributed by atoms with Gasteiger partial charge in [-0.15, -0.1) is 0 Å². The second kappa shape index (κ2) is 8.74. The largest absolute Gasteiger partial charge is 0.391 e. The van der Waals surface area contributed by atoms with Gasteiger partial charge < -0.3 is 15.7 Å². The number of hydrogen-bond acceptors (Lipinski definition) is 5. The van der Waals surface area contributed by atoms with Crippen LogP contribution < -0.4 is 10.6 Å². The van der Waals surface area contributed by atoms with Gasteiger partial charge in [-0.05, 0) is 19.3 Å². The standard InChI is InChI=1S/C15H28N4O/c1-5-8-16-15-18-9-11(4)14(19-15)17-10-13(20)12(6-2)7-3/h9,12-13,20H,5-8,10H2,1-4H3,(H2,16,17,18,19). The van der Waals surface area contributed by atoms with Crippen molar-refractivity contribution >= 4 is 11.8 Å². The molecule has 1 aromatic rings. The van der Waals surface area contributed by atoms with E-state index in [0.717, 1.165) is 37.2 Å². The molecule has 0 fully saturated rings. The van der Waals surface area contributed by atoms with Gasteiger partial charge in [-0.3, -0.25) is 0 Å². The molecular weight excluding hydrogens is 252 g/mol. The summed E-state index contributed by atoms with van der Waals surface area (Å²) in [5.41, 5.74) is 0.990. The van der Waals surface area contributed by atoms with Gasteiger partial charge in [0.15, 0.2) is 0 Å². The number of aromatic nitrogens is 2. The predicted octanol–water partition coefficient (Wildman–Crippen LogP) is 2.82. The van der Waals surface area contributed by atoms with Crippen LogP contribution in [0.5, 0.6) is 0 Å². The topological polar surface area (TPSA) is 70.1 Å². The number of aryl methyl sites for hydroxylation is 1. The highest BCUT2D eigenvalue weighted by molar-refractivity contribution is 5.46. The van der Waals surface area contributed by atoms with E-state index in [1.54, 1.807) is 6.20 Å². The summed E-state index contributed by atoms with van der Waals surface area (Å²) in [5.74, 6) is 1.77. The maximum Gasteiger partial charge on any atom is 0.224 e. The summed E-state index contributed by atoms with van der Waals surface area (Å²) in [6.07, 6.45) is 4.48. The molecule has 0 radical (unpaired) electrons. The third-order valence-electron chi connectivity index (χ3n) is 3.58. The van der Waals surface area contributed by atoms with Crippen molar-refractivity contribution in [2.45, 2.75) is 53.1 Å². The lowest BCUT2D eigenvalue weighted by atomic mass is 9.96. The van der Waals surface area contributed by atoms with Gasteiger partial charge in [-0.2, -0.15) is 4.98 Å². The fraction of sp³-hybridized carbons (Fsp3) is 0.733. The minimum absolute atomic E-state index is 0.335. The normalized spacial score (nSPS) is 12.5. The Hall–Kier alpha value is -1.36. The third-order valence-corrected chi connectivity index (χ3v) is 3.58. The SMILES string of the molecule is CCCNc1ncc(C)c(NCC(O)C(CC)CC)n1. The average Bonchev–Trinajstić information content (AvgIpc) is 2.46. The Morgan fingerprint density at radius 3 is 2.50 bits per heavy atom. The van der Waals surface area contributed by atoms with Crippen molar-refractivity contribution in [3.05, 3.63) is 11.8 Å². The highest BCUT2D eigenvalue weighted by Crippen LogP contribution is 2.16. The van der Waals surface area contributed by atoms with Crippen molar-refractivity contribution < 1.29 is 5.11 Å². The van der Waals surface area contributed by atoms with Crippen molar-refractivity contribution in [3.8, 4) is 0 Å². The molecule has 0 aliphatic heterocycles. The lowest BCUT2D eigenvalue weighted by molar-refractivity contribution is 0.114. The molecule has 5 heteroatoms. The zero-order valence-electron chi connectivity index (χ0n) is 13.1. The van der Waals surface area contributed by atoms with Crippen molar-refractivity contribution in [1.29, 1.82) is 0 Å². The van der Waals surface area contributed by atoms with E-state index in [9.17, 15) is 5.11 Å². The molecule has 0 bridgehead atoms. The molecule has 0 spiro atoms. The second-order valence-electron chi connectivity index (χ2n) is 5.18. The number of aliphatic hydroxyl groups excluding tert-OH is 1. The molecule has 0 aliphatic carbocycles. The van der Waals surface area contributed by atoms with Crippen LogP contribution >= 0.6 is 0 Å². The first-order chi connectivity index (χ1) is 9.62. The molecule has 0 saturated heterocycles. The third kappa shape index (κ3) is 4.96. The number of rotatable bonds is 9. The Kier molecular flexibility index (Phi) is 7.30. The molecule has 0 aliphatic rings. The number of aliphatic hydroxyl groups is 1. The van der Waals surface area contributed by atoms with Crippen molar-refractivity contribution in [3.63, 3.8) is 0 Å². The van der Waals surface area contributed by atoms with E-state index in [0.29, 0.717) is 18.4 Å². The Bertz CT molecular complexity index is 393. The van der Waals surface area contributed by atoms with Crippen LogP contribution in [0.15, 0.2) is 6.20 Å². The first-order valence-electron chi connectivity index (χ1n) is 7.61. The fourth-order valence-corrected chi connectivity index (χ4v) is 2.14. The van der Waals surface area contributed by atoms with Gasteiger partial charge in [0.25, 0.3) is 0 Å².